The van der Waals surface area contributed by atoms with Gasteiger partial charge in [-0.3, -0.25) is 4.98 Å². The number of rotatable bonds is 5. The molecule has 2 aliphatic carbocycles. The first kappa shape index (κ1) is 32.3. The van der Waals surface area contributed by atoms with Crippen LogP contribution in [-0.4, -0.2) is 4.98 Å². The Morgan fingerprint density at radius 2 is 0.695 bits per heavy atom. The van der Waals surface area contributed by atoms with Crippen LogP contribution in [0, 0.1) is 0 Å². The fourth-order valence-electron chi connectivity index (χ4n) is 10.1. The second kappa shape index (κ2) is 12.3. The van der Waals surface area contributed by atoms with E-state index in [4.69, 9.17) is 0 Å². The van der Waals surface area contributed by atoms with Crippen molar-refractivity contribution < 1.29 is 0 Å². The molecule has 0 unspecified atom stereocenters. The highest BCUT2D eigenvalue weighted by molar-refractivity contribution is 6.21. The summed E-state index contributed by atoms with van der Waals surface area (Å²) < 4.78 is 0. The third-order valence-corrected chi connectivity index (χ3v) is 12.8. The Bertz CT molecular complexity index is 3210. The quantitative estimate of drug-likeness (QED) is 0.174. The van der Waals surface area contributed by atoms with Crippen LogP contribution in [0.5, 0.6) is 0 Å². The van der Waals surface area contributed by atoms with Crippen LogP contribution >= 0.6 is 0 Å². The predicted molar refractivity (Wildman–Crippen MR) is 249 cm³/mol. The molecule has 0 amide bonds. The monoisotopic (exact) mass is 746 g/mol. The topological polar surface area (TPSA) is 16.1 Å². The molecule has 0 saturated carbocycles. The van der Waals surface area contributed by atoms with E-state index < -0.39 is 0 Å². The fourth-order valence-corrected chi connectivity index (χ4v) is 10.1. The molecule has 0 saturated heterocycles. The second-order valence-corrected chi connectivity index (χ2v) is 15.9. The van der Waals surface area contributed by atoms with Crippen molar-refractivity contribution in [3.63, 3.8) is 0 Å². The van der Waals surface area contributed by atoms with Crippen LogP contribution in [0.25, 0.3) is 110 Å². The number of hydrogen-bond acceptors (Lipinski definition) is 2. The lowest BCUT2D eigenvalue weighted by Crippen LogP contribution is -2.10. The van der Waals surface area contributed by atoms with Crippen molar-refractivity contribution in [1.82, 2.24) is 4.98 Å². The molecule has 0 radical (unpaired) electrons. The molecule has 10 aromatic carbocycles. The van der Waals surface area contributed by atoms with Crippen LogP contribution in [0.3, 0.4) is 0 Å². The van der Waals surface area contributed by atoms with Crippen LogP contribution in [0.1, 0.15) is 0 Å². The molecule has 11 aromatic rings. The van der Waals surface area contributed by atoms with E-state index in [0.717, 1.165) is 17.1 Å². The number of nitrogens with zero attached hydrogens (tertiary/aromatic N) is 2. The lowest BCUT2D eigenvalue weighted by Gasteiger charge is -2.25. The molecular formula is C57H34N2. The Kier molecular flexibility index (Phi) is 6.76. The Labute approximate surface area is 341 Å². The number of benzene rings is 10. The molecule has 2 heteroatoms. The first-order valence-electron chi connectivity index (χ1n) is 20.3. The van der Waals surface area contributed by atoms with E-state index in [0.29, 0.717) is 0 Å². The van der Waals surface area contributed by atoms with E-state index in [2.05, 4.69) is 198 Å². The maximum Gasteiger partial charge on any atom is 0.0644 e. The van der Waals surface area contributed by atoms with Gasteiger partial charge >= 0.3 is 0 Å². The van der Waals surface area contributed by atoms with Gasteiger partial charge in [0.1, 0.15) is 0 Å². The minimum Gasteiger partial charge on any atom is -0.309 e. The van der Waals surface area contributed by atoms with Crippen molar-refractivity contribution in [2.75, 3.05) is 4.90 Å². The maximum absolute atomic E-state index is 4.53. The summed E-state index contributed by atoms with van der Waals surface area (Å²) in [5, 5.41) is 10.4. The second-order valence-electron chi connectivity index (χ2n) is 15.9. The van der Waals surface area contributed by atoms with Gasteiger partial charge in [0.2, 0.25) is 0 Å². The fraction of sp³-hybridized carbons (Fsp3) is 0. The normalized spacial score (nSPS) is 12.1. The van der Waals surface area contributed by atoms with Gasteiger partial charge in [-0.05, 0) is 171 Å². The van der Waals surface area contributed by atoms with Gasteiger partial charge in [-0.15, -0.1) is 0 Å². The van der Waals surface area contributed by atoms with Crippen molar-refractivity contribution in [1.29, 1.82) is 0 Å². The van der Waals surface area contributed by atoms with Gasteiger partial charge < -0.3 is 4.90 Å². The number of aromatic nitrogens is 1. The van der Waals surface area contributed by atoms with Gasteiger partial charge in [0, 0.05) is 17.6 Å². The molecule has 13 rings (SSSR count). The zero-order chi connectivity index (χ0) is 38.6. The predicted octanol–water partition coefficient (Wildman–Crippen LogP) is 15.8. The highest BCUT2D eigenvalue weighted by Gasteiger charge is 2.25. The maximum atomic E-state index is 4.53. The summed E-state index contributed by atoms with van der Waals surface area (Å²) in [5.74, 6) is 0. The Morgan fingerprint density at radius 3 is 1.10 bits per heavy atom. The largest absolute Gasteiger partial charge is 0.309 e. The van der Waals surface area contributed by atoms with Crippen molar-refractivity contribution in [2.24, 2.45) is 0 Å². The molecule has 0 atom stereocenters. The molecular weight excluding hydrogens is 713 g/mol. The number of anilines is 3. The van der Waals surface area contributed by atoms with Crippen LogP contribution in [0.15, 0.2) is 207 Å². The van der Waals surface area contributed by atoms with Gasteiger partial charge in [0.15, 0.2) is 0 Å². The molecule has 2 aliphatic rings. The van der Waals surface area contributed by atoms with Crippen molar-refractivity contribution in [3.8, 4) is 66.8 Å². The van der Waals surface area contributed by atoms with E-state index >= 15 is 0 Å². The summed E-state index contributed by atoms with van der Waals surface area (Å²) in [5.41, 5.74) is 18.6. The van der Waals surface area contributed by atoms with E-state index in [1.165, 1.54) is 110 Å². The van der Waals surface area contributed by atoms with Crippen LogP contribution in [-0.2, 0) is 0 Å². The highest BCUT2D eigenvalue weighted by atomic mass is 15.1. The Balaban J connectivity index is 0.870. The SMILES string of the molecule is c1cncc(N(c2ccc(-c3ccc4c5c(cccc35)-c3cc5ccccc5cc3-4)cc2)c2ccc(-c3ccc4c5c(cccc35)-c3cc5ccccc5cc3-4)cc2)c1. The van der Waals surface area contributed by atoms with Gasteiger partial charge in [0.05, 0.1) is 11.9 Å². The van der Waals surface area contributed by atoms with E-state index in [1.54, 1.807) is 0 Å². The van der Waals surface area contributed by atoms with Crippen LogP contribution in [0.2, 0.25) is 0 Å². The molecule has 0 spiro atoms. The molecule has 1 aromatic heterocycles. The number of pyridine rings is 1. The smallest absolute Gasteiger partial charge is 0.0644 e. The minimum atomic E-state index is 1.01. The van der Waals surface area contributed by atoms with E-state index in [-0.39, 0.29) is 0 Å². The standard InChI is InChI=1S/C57H34N2/c1-3-10-39-32-54-50-27-25-44(46-13-5-15-48(56(46)50)52(54)30-37(39)8-1)35-17-21-41(22-18-35)59(43-12-7-29-58-34-43)42-23-19-36(20-24-42)45-26-28-51-55-33-40-11-4-2-9-38(40)31-53(55)49-16-6-14-47(45)57(49)51/h1-34H. The first-order valence-corrected chi connectivity index (χ1v) is 20.3. The highest BCUT2D eigenvalue weighted by Crippen LogP contribution is 2.52. The van der Waals surface area contributed by atoms with Crippen LogP contribution < -0.4 is 4.90 Å². The summed E-state index contributed by atoms with van der Waals surface area (Å²) in [6.07, 6.45) is 3.78. The molecule has 0 fully saturated rings. The van der Waals surface area contributed by atoms with Crippen LogP contribution in [0.4, 0.5) is 17.1 Å². The van der Waals surface area contributed by atoms with Crippen molar-refractivity contribution in [2.45, 2.75) is 0 Å². The summed E-state index contributed by atoms with van der Waals surface area (Å²) in [4.78, 5) is 6.82. The van der Waals surface area contributed by atoms with Crippen molar-refractivity contribution in [3.05, 3.63) is 207 Å². The van der Waals surface area contributed by atoms with Gasteiger partial charge in [0.25, 0.3) is 0 Å². The van der Waals surface area contributed by atoms with Gasteiger partial charge in [-0.2, -0.15) is 0 Å². The Hall–Kier alpha value is -7.81. The van der Waals surface area contributed by atoms with E-state index in [9.17, 15) is 0 Å². The van der Waals surface area contributed by atoms with Gasteiger partial charge in [-0.1, -0.05) is 133 Å². The molecule has 0 aliphatic heterocycles. The van der Waals surface area contributed by atoms with E-state index in [1.807, 2.05) is 18.5 Å². The minimum absolute atomic E-state index is 1.01. The summed E-state index contributed by atoms with van der Waals surface area (Å²) in [6, 6.07) is 71.7. The molecule has 1 heterocycles. The number of hydrogen-bond donors (Lipinski definition) is 0. The Morgan fingerprint density at radius 1 is 0.288 bits per heavy atom. The first-order chi connectivity index (χ1) is 29.2. The molecule has 2 nitrogen and oxygen atoms in total. The zero-order valence-electron chi connectivity index (χ0n) is 32.0. The summed E-state index contributed by atoms with van der Waals surface area (Å²) >= 11 is 0. The zero-order valence-corrected chi connectivity index (χ0v) is 32.0. The third kappa shape index (κ3) is 4.78. The van der Waals surface area contributed by atoms with Gasteiger partial charge in [-0.25, -0.2) is 0 Å². The average Bonchev–Trinajstić information content (AvgIpc) is 3.79. The van der Waals surface area contributed by atoms with Crippen molar-refractivity contribution >= 4 is 60.2 Å². The average molecular weight is 747 g/mol. The molecule has 272 valence electrons. The third-order valence-electron chi connectivity index (χ3n) is 12.8. The molecule has 0 bridgehead atoms. The molecule has 59 heavy (non-hydrogen) atoms. The summed E-state index contributed by atoms with van der Waals surface area (Å²) in [6.45, 7) is 0. The lowest BCUT2D eigenvalue weighted by atomic mass is 9.94. The molecule has 0 N–H and O–H groups in total. The lowest BCUT2D eigenvalue weighted by molar-refractivity contribution is 1.23. The summed E-state index contributed by atoms with van der Waals surface area (Å²) in [7, 11) is 0. The number of fused-ring (bicyclic) bond motifs is 8.